The minimum absolute atomic E-state index is 0.797. The van der Waals surface area contributed by atoms with E-state index < -0.39 is 0 Å². The van der Waals surface area contributed by atoms with Crippen molar-refractivity contribution in [2.45, 2.75) is 10.8 Å². The molecule has 0 amide bonds. The summed E-state index contributed by atoms with van der Waals surface area (Å²) in [6, 6.07) is 24.7. The van der Waals surface area contributed by atoms with Gasteiger partial charge in [0.25, 0.3) is 0 Å². The van der Waals surface area contributed by atoms with E-state index in [1.54, 1.807) is 18.0 Å². The van der Waals surface area contributed by atoms with Gasteiger partial charge in [0.15, 0.2) is 0 Å². The van der Waals surface area contributed by atoms with Gasteiger partial charge in [0, 0.05) is 11.9 Å². The second kappa shape index (κ2) is 6.81. The van der Waals surface area contributed by atoms with Crippen LogP contribution in [0.4, 0.5) is 0 Å². The van der Waals surface area contributed by atoms with E-state index in [0.29, 0.717) is 0 Å². The van der Waals surface area contributed by atoms with Crippen LogP contribution in [0.5, 0.6) is 0 Å². The van der Waals surface area contributed by atoms with E-state index in [0.717, 1.165) is 22.2 Å². The quantitative estimate of drug-likeness (QED) is 0.495. The summed E-state index contributed by atoms with van der Waals surface area (Å²) in [6.07, 6.45) is 1.76. The van der Waals surface area contributed by atoms with Crippen molar-refractivity contribution in [3.8, 4) is 11.4 Å². The fraction of sp³-hybridized carbons (Fsp3) is 0.0500. The van der Waals surface area contributed by atoms with E-state index in [2.05, 4.69) is 57.6 Å². The number of hydrogen-bond donors (Lipinski definition) is 0. The molecule has 3 nitrogen and oxygen atoms in total. The van der Waals surface area contributed by atoms with Gasteiger partial charge in [0.1, 0.15) is 10.7 Å². The zero-order chi connectivity index (χ0) is 16.2. The highest BCUT2D eigenvalue weighted by molar-refractivity contribution is 7.98. The Morgan fingerprint density at radius 1 is 0.708 bits per heavy atom. The molecule has 0 N–H and O–H groups in total. The zero-order valence-corrected chi connectivity index (χ0v) is 13.8. The van der Waals surface area contributed by atoms with Crippen LogP contribution in [-0.4, -0.2) is 15.2 Å². The maximum absolute atomic E-state index is 4.31. The third kappa shape index (κ3) is 3.29. The van der Waals surface area contributed by atoms with E-state index in [4.69, 9.17) is 0 Å². The SMILES string of the molecule is c1ccc(-c2ccc(SCc3ccc4ccccc4c3)nn2)nc1. The molecule has 0 aliphatic rings. The molecule has 4 rings (SSSR count). The summed E-state index contributed by atoms with van der Waals surface area (Å²) >= 11 is 1.69. The second-order valence-corrected chi connectivity index (χ2v) is 6.44. The van der Waals surface area contributed by atoms with Crippen LogP contribution in [0.15, 0.2) is 84.0 Å². The Bertz CT molecular complexity index is 953. The lowest BCUT2D eigenvalue weighted by Crippen LogP contribution is -1.91. The molecule has 0 aliphatic heterocycles. The summed E-state index contributed by atoms with van der Waals surface area (Å²) in [5, 5.41) is 12.0. The van der Waals surface area contributed by atoms with Gasteiger partial charge in [0.05, 0.1) is 5.69 Å². The number of pyridine rings is 1. The smallest absolute Gasteiger partial charge is 0.119 e. The molecule has 0 fully saturated rings. The minimum Gasteiger partial charge on any atom is -0.255 e. The molecule has 0 saturated heterocycles. The first-order valence-electron chi connectivity index (χ1n) is 7.74. The third-order valence-corrected chi connectivity index (χ3v) is 4.76. The summed E-state index contributed by atoms with van der Waals surface area (Å²) in [6.45, 7) is 0. The highest BCUT2D eigenvalue weighted by Gasteiger charge is 2.03. The van der Waals surface area contributed by atoms with E-state index in [-0.39, 0.29) is 0 Å². The van der Waals surface area contributed by atoms with Gasteiger partial charge < -0.3 is 0 Å². The van der Waals surface area contributed by atoms with Gasteiger partial charge in [-0.25, -0.2) is 0 Å². The van der Waals surface area contributed by atoms with Crippen molar-refractivity contribution in [2.75, 3.05) is 0 Å². The number of benzene rings is 2. The number of hydrogen-bond acceptors (Lipinski definition) is 4. The molecule has 0 bridgehead atoms. The second-order valence-electron chi connectivity index (χ2n) is 5.44. The molecular formula is C20H15N3S. The summed E-state index contributed by atoms with van der Waals surface area (Å²) in [5.41, 5.74) is 2.93. The maximum Gasteiger partial charge on any atom is 0.119 e. The Morgan fingerprint density at radius 3 is 2.38 bits per heavy atom. The molecule has 4 aromatic rings. The molecule has 116 valence electrons. The number of rotatable bonds is 4. The van der Waals surface area contributed by atoms with E-state index >= 15 is 0 Å². The van der Waals surface area contributed by atoms with Crippen LogP contribution in [0.2, 0.25) is 0 Å². The van der Waals surface area contributed by atoms with Crippen molar-refractivity contribution >= 4 is 22.5 Å². The van der Waals surface area contributed by atoms with Crippen molar-refractivity contribution in [3.05, 3.63) is 84.6 Å². The lowest BCUT2D eigenvalue weighted by molar-refractivity contribution is 0.931. The number of aromatic nitrogens is 3. The predicted molar refractivity (Wildman–Crippen MR) is 98.8 cm³/mol. The van der Waals surface area contributed by atoms with E-state index in [9.17, 15) is 0 Å². The fourth-order valence-corrected chi connectivity index (χ4v) is 3.29. The van der Waals surface area contributed by atoms with Crippen LogP contribution in [0.3, 0.4) is 0 Å². The average molecular weight is 329 g/mol. The molecule has 0 atom stereocenters. The fourth-order valence-electron chi connectivity index (χ4n) is 2.53. The van der Waals surface area contributed by atoms with E-state index in [1.807, 2.05) is 30.3 Å². The molecule has 2 aromatic heterocycles. The Labute approximate surface area is 144 Å². The van der Waals surface area contributed by atoms with Crippen LogP contribution >= 0.6 is 11.8 Å². The molecule has 0 saturated carbocycles. The van der Waals surface area contributed by atoms with Gasteiger partial charge in [0.2, 0.25) is 0 Å². The predicted octanol–water partition coefficient (Wildman–Crippen LogP) is 4.98. The van der Waals surface area contributed by atoms with Crippen LogP contribution in [0, 0.1) is 0 Å². The van der Waals surface area contributed by atoms with Crippen LogP contribution < -0.4 is 0 Å². The van der Waals surface area contributed by atoms with Gasteiger partial charge in [-0.05, 0) is 40.6 Å². The molecular weight excluding hydrogens is 314 g/mol. The van der Waals surface area contributed by atoms with Crippen molar-refractivity contribution in [1.82, 2.24) is 15.2 Å². The van der Waals surface area contributed by atoms with E-state index in [1.165, 1.54) is 16.3 Å². The third-order valence-electron chi connectivity index (χ3n) is 3.77. The summed E-state index contributed by atoms with van der Waals surface area (Å²) < 4.78 is 0. The van der Waals surface area contributed by atoms with Gasteiger partial charge >= 0.3 is 0 Å². The number of thioether (sulfide) groups is 1. The topological polar surface area (TPSA) is 38.7 Å². The van der Waals surface area contributed by atoms with Gasteiger partial charge in [-0.1, -0.05) is 60.3 Å². The molecule has 2 heterocycles. The minimum atomic E-state index is 0.797. The van der Waals surface area contributed by atoms with Gasteiger partial charge in [-0.15, -0.1) is 10.2 Å². The van der Waals surface area contributed by atoms with Gasteiger partial charge in [-0.3, -0.25) is 4.98 Å². The van der Waals surface area contributed by atoms with Crippen LogP contribution in [0.1, 0.15) is 5.56 Å². The summed E-state index contributed by atoms with van der Waals surface area (Å²) in [5.74, 6) is 0.877. The Hall–Kier alpha value is -2.72. The molecule has 0 spiro atoms. The van der Waals surface area contributed by atoms with Crippen molar-refractivity contribution in [2.24, 2.45) is 0 Å². The van der Waals surface area contributed by atoms with Crippen molar-refractivity contribution in [3.63, 3.8) is 0 Å². The Kier molecular flexibility index (Phi) is 4.21. The first-order valence-corrected chi connectivity index (χ1v) is 8.73. The van der Waals surface area contributed by atoms with Gasteiger partial charge in [-0.2, -0.15) is 0 Å². The molecule has 0 radical (unpaired) electrons. The molecule has 2 aromatic carbocycles. The Morgan fingerprint density at radius 2 is 1.58 bits per heavy atom. The number of nitrogens with zero attached hydrogens (tertiary/aromatic N) is 3. The first kappa shape index (κ1) is 14.8. The maximum atomic E-state index is 4.31. The largest absolute Gasteiger partial charge is 0.255 e. The van der Waals surface area contributed by atoms with Crippen molar-refractivity contribution in [1.29, 1.82) is 0 Å². The van der Waals surface area contributed by atoms with Crippen LogP contribution in [0.25, 0.3) is 22.2 Å². The standard InChI is InChI=1S/C20H15N3S/c1-2-6-17-13-15(8-9-16(17)5-1)14-24-20-11-10-19(22-23-20)18-7-3-4-12-21-18/h1-13H,14H2. The summed E-state index contributed by atoms with van der Waals surface area (Å²) in [7, 11) is 0. The highest BCUT2D eigenvalue weighted by atomic mass is 32.2. The monoisotopic (exact) mass is 329 g/mol. The average Bonchev–Trinajstić information content (AvgIpc) is 2.67. The summed E-state index contributed by atoms with van der Waals surface area (Å²) in [4.78, 5) is 4.29. The zero-order valence-electron chi connectivity index (χ0n) is 13.0. The number of fused-ring (bicyclic) bond motifs is 1. The lowest BCUT2D eigenvalue weighted by atomic mass is 10.1. The first-order chi connectivity index (χ1) is 11.9. The Balaban J connectivity index is 1.47. The normalized spacial score (nSPS) is 10.8. The molecule has 4 heteroatoms. The van der Waals surface area contributed by atoms with Crippen molar-refractivity contribution < 1.29 is 0 Å². The molecule has 24 heavy (non-hydrogen) atoms. The van der Waals surface area contributed by atoms with Crippen LogP contribution in [-0.2, 0) is 5.75 Å². The molecule has 0 unspecified atom stereocenters. The lowest BCUT2D eigenvalue weighted by Gasteiger charge is -2.04. The highest BCUT2D eigenvalue weighted by Crippen LogP contribution is 2.24. The molecule has 0 aliphatic carbocycles.